The van der Waals surface area contributed by atoms with E-state index in [2.05, 4.69) is 20.8 Å². The minimum absolute atomic E-state index is 0.00658. The molecule has 3 rings (SSSR count). The van der Waals surface area contributed by atoms with Crippen LogP contribution in [0.4, 0.5) is 0 Å². The lowest BCUT2D eigenvalue weighted by atomic mass is 9.86. The first-order chi connectivity index (χ1) is 9.36. The van der Waals surface area contributed by atoms with Gasteiger partial charge in [0.05, 0.1) is 5.39 Å². The minimum Gasteiger partial charge on any atom is -0.508 e. The van der Waals surface area contributed by atoms with E-state index in [1.54, 1.807) is 18.2 Å². The Balaban J connectivity index is 2.50. The van der Waals surface area contributed by atoms with Crippen molar-refractivity contribution in [1.82, 2.24) is 0 Å². The van der Waals surface area contributed by atoms with Crippen molar-refractivity contribution in [2.45, 2.75) is 26.2 Å². The molecule has 3 heteroatoms. The highest BCUT2D eigenvalue weighted by molar-refractivity contribution is 6.05. The van der Waals surface area contributed by atoms with E-state index in [9.17, 15) is 9.90 Å². The van der Waals surface area contributed by atoms with Gasteiger partial charge in [0, 0.05) is 10.8 Å². The number of rotatable bonds is 0. The summed E-state index contributed by atoms with van der Waals surface area (Å²) in [5.41, 5.74) is 1.28. The van der Waals surface area contributed by atoms with Crippen LogP contribution in [0.2, 0.25) is 0 Å². The third-order valence-electron chi connectivity index (χ3n) is 3.56. The maximum Gasteiger partial charge on any atom is 0.344 e. The van der Waals surface area contributed by atoms with Crippen molar-refractivity contribution in [2.75, 3.05) is 0 Å². The summed E-state index contributed by atoms with van der Waals surface area (Å²) in [6, 6.07) is 10.5. The molecule has 3 nitrogen and oxygen atoms in total. The summed E-state index contributed by atoms with van der Waals surface area (Å²) < 4.78 is 5.29. The molecule has 0 saturated carbocycles. The van der Waals surface area contributed by atoms with E-state index in [1.165, 1.54) is 6.07 Å². The maximum atomic E-state index is 12.0. The number of phenols is 1. The molecule has 20 heavy (non-hydrogen) atoms. The number of hydrogen-bond acceptors (Lipinski definition) is 3. The van der Waals surface area contributed by atoms with Crippen LogP contribution in [0.15, 0.2) is 45.6 Å². The molecule has 0 aliphatic heterocycles. The van der Waals surface area contributed by atoms with E-state index in [1.807, 2.05) is 12.1 Å². The van der Waals surface area contributed by atoms with Crippen molar-refractivity contribution in [3.05, 3.63) is 52.4 Å². The van der Waals surface area contributed by atoms with Crippen molar-refractivity contribution in [3.8, 4) is 5.75 Å². The predicted molar refractivity (Wildman–Crippen MR) is 80.4 cm³/mol. The molecule has 0 unspecified atom stereocenters. The zero-order chi connectivity index (χ0) is 14.5. The summed E-state index contributed by atoms with van der Waals surface area (Å²) in [6.07, 6.45) is 0. The quantitative estimate of drug-likeness (QED) is 0.496. The molecule has 1 heterocycles. The van der Waals surface area contributed by atoms with Gasteiger partial charge in [-0.2, -0.15) is 0 Å². The second-order valence-corrected chi connectivity index (χ2v) is 6.08. The van der Waals surface area contributed by atoms with Gasteiger partial charge in [0.15, 0.2) is 0 Å². The van der Waals surface area contributed by atoms with Gasteiger partial charge < -0.3 is 9.52 Å². The summed E-state index contributed by atoms with van der Waals surface area (Å²) in [7, 11) is 0. The predicted octanol–water partition coefficient (Wildman–Crippen LogP) is 3.95. The number of phenolic OH excluding ortho intramolecular Hbond substituents is 1. The third kappa shape index (κ3) is 1.95. The van der Waals surface area contributed by atoms with Gasteiger partial charge in [-0.05, 0) is 41.3 Å². The van der Waals surface area contributed by atoms with Crippen LogP contribution in [0.5, 0.6) is 5.75 Å². The van der Waals surface area contributed by atoms with Gasteiger partial charge in [0.2, 0.25) is 0 Å². The van der Waals surface area contributed by atoms with Crippen LogP contribution in [0, 0.1) is 0 Å². The van der Waals surface area contributed by atoms with Crippen molar-refractivity contribution in [2.24, 2.45) is 0 Å². The lowest BCUT2D eigenvalue weighted by molar-refractivity contribution is 0.475. The van der Waals surface area contributed by atoms with Gasteiger partial charge in [-0.3, -0.25) is 0 Å². The molecule has 0 spiro atoms. The van der Waals surface area contributed by atoms with Crippen molar-refractivity contribution in [3.63, 3.8) is 0 Å². The highest BCUT2D eigenvalue weighted by Gasteiger charge is 2.16. The Bertz CT molecular complexity index is 867. The Morgan fingerprint density at radius 3 is 2.40 bits per heavy atom. The normalized spacial score (nSPS) is 12.2. The lowest BCUT2D eigenvalue weighted by Crippen LogP contribution is -2.11. The monoisotopic (exact) mass is 268 g/mol. The Hall–Kier alpha value is -2.29. The van der Waals surface area contributed by atoms with E-state index in [-0.39, 0.29) is 16.8 Å². The first-order valence-electron chi connectivity index (χ1n) is 6.56. The van der Waals surface area contributed by atoms with Gasteiger partial charge >= 0.3 is 5.63 Å². The summed E-state index contributed by atoms with van der Waals surface area (Å²) in [6.45, 7) is 6.37. The Labute approximate surface area is 116 Å². The standard InChI is InChI=1S/C17H16O3/c1-17(2,3)10-4-6-12-13(8-10)14-9-11(18)5-7-15(14)20-16(12)19/h4-9,18H,1-3H3. The molecule has 0 saturated heterocycles. The lowest BCUT2D eigenvalue weighted by Gasteiger charge is -2.19. The molecular formula is C17H16O3. The molecule has 102 valence electrons. The van der Waals surface area contributed by atoms with Crippen LogP contribution in [0.25, 0.3) is 21.7 Å². The molecule has 0 aliphatic rings. The summed E-state index contributed by atoms with van der Waals surface area (Å²) in [4.78, 5) is 12.0. The van der Waals surface area contributed by atoms with Gasteiger partial charge in [0.25, 0.3) is 0 Å². The molecule has 3 aromatic rings. The summed E-state index contributed by atoms with van der Waals surface area (Å²) in [5.74, 6) is 0.161. The van der Waals surface area contributed by atoms with Gasteiger partial charge in [0.1, 0.15) is 11.3 Å². The summed E-state index contributed by atoms with van der Waals surface area (Å²) >= 11 is 0. The van der Waals surface area contributed by atoms with E-state index in [0.717, 1.165) is 16.3 Å². The molecule has 2 aromatic carbocycles. The van der Waals surface area contributed by atoms with Crippen LogP contribution in [0.3, 0.4) is 0 Å². The number of hydrogen-bond donors (Lipinski definition) is 1. The number of benzene rings is 2. The van der Waals surface area contributed by atoms with E-state index >= 15 is 0 Å². The van der Waals surface area contributed by atoms with Gasteiger partial charge in [-0.1, -0.05) is 26.8 Å². The Morgan fingerprint density at radius 1 is 0.950 bits per heavy atom. The zero-order valence-corrected chi connectivity index (χ0v) is 11.7. The van der Waals surface area contributed by atoms with E-state index in [4.69, 9.17) is 4.42 Å². The molecule has 0 radical (unpaired) electrons. The minimum atomic E-state index is -0.348. The Morgan fingerprint density at radius 2 is 1.70 bits per heavy atom. The highest BCUT2D eigenvalue weighted by atomic mass is 16.4. The average molecular weight is 268 g/mol. The number of aromatic hydroxyl groups is 1. The van der Waals surface area contributed by atoms with E-state index < -0.39 is 0 Å². The average Bonchev–Trinajstić information content (AvgIpc) is 2.38. The molecule has 1 aromatic heterocycles. The van der Waals surface area contributed by atoms with Crippen LogP contribution >= 0.6 is 0 Å². The van der Waals surface area contributed by atoms with Gasteiger partial charge in [-0.25, -0.2) is 4.79 Å². The van der Waals surface area contributed by atoms with Crippen LogP contribution in [0.1, 0.15) is 26.3 Å². The number of fused-ring (bicyclic) bond motifs is 3. The van der Waals surface area contributed by atoms with Crippen LogP contribution < -0.4 is 5.63 Å². The second-order valence-electron chi connectivity index (χ2n) is 6.08. The first-order valence-corrected chi connectivity index (χ1v) is 6.56. The maximum absolute atomic E-state index is 12.0. The van der Waals surface area contributed by atoms with Crippen molar-refractivity contribution >= 4 is 21.7 Å². The second kappa shape index (κ2) is 4.10. The smallest absolute Gasteiger partial charge is 0.344 e. The molecule has 0 atom stereocenters. The molecule has 0 amide bonds. The molecule has 0 aliphatic carbocycles. The first kappa shape index (κ1) is 12.7. The largest absolute Gasteiger partial charge is 0.508 e. The SMILES string of the molecule is CC(C)(C)c1ccc2c(=O)oc3ccc(O)cc3c2c1. The highest BCUT2D eigenvalue weighted by Crippen LogP contribution is 2.30. The molecule has 0 bridgehead atoms. The van der Waals surface area contributed by atoms with E-state index in [0.29, 0.717) is 11.0 Å². The fourth-order valence-electron chi connectivity index (χ4n) is 2.38. The fraction of sp³-hybridized carbons (Fsp3) is 0.235. The molecule has 0 fully saturated rings. The topological polar surface area (TPSA) is 50.4 Å². The molecular weight excluding hydrogens is 252 g/mol. The van der Waals surface area contributed by atoms with Crippen LogP contribution in [-0.2, 0) is 5.41 Å². The zero-order valence-electron chi connectivity index (χ0n) is 11.7. The summed E-state index contributed by atoms with van der Waals surface area (Å²) in [5, 5.41) is 11.8. The van der Waals surface area contributed by atoms with Crippen molar-refractivity contribution < 1.29 is 9.52 Å². The third-order valence-corrected chi connectivity index (χ3v) is 3.56. The van der Waals surface area contributed by atoms with Gasteiger partial charge in [-0.15, -0.1) is 0 Å². The molecule has 1 N–H and O–H groups in total. The Kier molecular flexibility index (Phi) is 2.61. The van der Waals surface area contributed by atoms with Crippen molar-refractivity contribution in [1.29, 1.82) is 0 Å². The fourth-order valence-corrected chi connectivity index (χ4v) is 2.38. The van der Waals surface area contributed by atoms with Crippen LogP contribution in [-0.4, -0.2) is 5.11 Å².